The zero-order valence-electron chi connectivity index (χ0n) is 14.6. The first kappa shape index (κ1) is 18.2. The van der Waals surface area contributed by atoms with Crippen LogP contribution in [0.15, 0.2) is 108 Å². The molecule has 126 valence electrons. The smallest absolute Gasteiger partial charge is 0.131 e. The summed E-state index contributed by atoms with van der Waals surface area (Å²) in [6, 6.07) is 20.4. The molecule has 0 saturated heterocycles. The van der Waals surface area contributed by atoms with Crippen molar-refractivity contribution in [3.63, 3.8) is 0 Å². The molecule has 2 aromatic rings. The van der Waals surface area contributed by atoms with Crippen LogP contribution in [0.4, 0.5) is 0 Å². The maximum Gasteiger partial charge on any atom is 0.131 e. The number of benzene rings is 2. The lowest BCUT2D eigenvalue weighted by atomic mass is 10.1. The Morgan fingerprint density at radius 2 is 1.68 bits per heavy atom. The molecule has 2 nitrogen and oxygen atoms in total. The molecule has 0 bridgehead atoms. The van der Waals surface area contributed by atoms with Gasteiger partial charge in [0.15, 0.2) is 0 Å². The number of amidine groups is 1. The lowest BCUT2D eigenvalue weighted by Gasteiger charge is -2.06. The van der Waals surface area contributed by atoms with Gasteiger partial charge in [-0.3, -0.25) is 0 Å². The first-order valence-corrected chi connectivity index (χ1v) is 8.34. The van der Waals surface area contributed by atoms with Crippen LogP contribution >= 0.6 is 0 Å². The summed E-state index contributed by atoms with van der Waals surface area (Å²) in [6.45, 7) is 5.78. The zero-order valence-corrected chi connectivity index (χ0v) is 14.6. The average molecular weight is 328 g/mol. The number of rotatable bonds is 7. The van der Waals surface area contributed by atoms with Gasteiger partial charge in [-0.05, 0) is 24.5 Å². The van der Waals surface area contributed by atoms with Crippen LogP contribution in [0.25, 0.3) is 5.70 Å². The monoisotopic (exact) mass is 328 g/mol. The maximum atomic E-state index is 6.21. The van der Waals surface area contributed by atoms with Gasteiger partial charge >= 0.3 is 0 Å². The van der Waals surface area contributed by atoms with Crippen molar-refractivity contribution in [2.45, 2.75) is 13.3 Å². The Labute approximate surface area is 150 Å². The van der Waals surface area contributed by atoms with E-state index in [0.717, 1.165) is 23.3 Å². The Balaban J connectivity index is 2.38. The van der Waals surface area contributed by atoms with Gasteiger partial charge in [-0.25, -0.2) is 4.99 Å². The number of nitrogens with two attached hydrogens (primary N) is 1. The fourth-order valence-corrected chi connectivity index (χ4v) is 2.32. The third-order valence-corrected chi connectivity index (χ3v) is 3.67. The molecule has 0 aliphatic heterocycles. The van der Waals surface area contributed by atoms with Crippen molar-refractivity contribution in [1.82, 2.24) is 0 Å². The normalized spacial score (nSPS) is 13.2. The van der Waals surface area contributed by atoms with Gasteiger partial charge in [0.1, 0.15) is 5.84 Å². The predicted octanol–water partition coefficient (Wildman–Crippen LogP) is 5.32. The quantitative estimate of drug-likeness (QED) is 0.417. The van der Waals surface area contributed by atoms with Crippen LogP contribution in [-0.2, 0) is 6.42 Å². The van der Waals surface area contributed by atoms with Gasteiger partial charge in [-0.15, -0.1) is 0 Å². The second-order valence-electron chi connectivity index (χ2n) is 5.49. The molecule has 2 aromatic carbocycles. The average Bonchev–Trinajstić information content (AvgIpc) is 2.67. The van der Waals surface area contributed by atoms with Crippen molar-refractivity contribution in [2.24, 2.45) is 10.7 Å². The van der Waals surface area contributed by atoms with Crippen molar-refractivity contribution in [3.8, 4) is 0 Å². The number of aliphatic imine (C=N–C) groups is 1. The Kier molecular flexibility index (Phi) is 7.20. The van der Waals surface area contributed by atoms with E-state index in [-0.39, 0.29) is 0 Å². The Morgan fingerprint density at radius 3 is 2.28 bits per heavy atom. The van der Waals surface area contributed by atoms with Crippen molar-refractivity contribution < 1.29 is 0 Å². The van der Waals surface area contributed by atoms with E-state index in [9.17, 15) is 0 Å². The Hall–Kier alpha value is -3.13. The van der Waals surface area contributed by atoms with Gasteiger partial charge in [-0.2, -0.15) is 0 Å². The summed E-state index contributed by atoms with van der Waals surface area (Å²) in [5.41, 5.74) is 10.1. The molecule has 0 aliphatic carbocycles. The van der Waals surface area contributed by atoms with Gasteiger partial charge in [0.25, 0.3) is 0 Å². The highest BCUT2D eigenvalue weighted by Gasteiger charge is 2.03. The highest BCUT2D eigenvalue weighted by Crippen LogP contribution is 2.18. The first-order chi connectivity index (χ1) is 12.2. The van der Waals surface area contributed by atoms with Gasteiger partial charge in [0.2, 0.25) is 0 Å². The van der Waals surface area contributed by atoms with Crippen LogP contribution in [0, 0.1) is 0 Å². The SMILES string of the molecule is C=CC(=C\C=C/C)/C(N)=N\C(=C/Cc1ccccc1)c1ccccc1. The number of hydrogen-bond donors (Lipinski definition) is 1. The summed E-state index contributed by atoms with van der Waals surface area (Å²) in [7, 11) is 0. The number of nitrogens with zero attached hydrogens (tertiary/aromatic N) is 1. The van der Waals surface area contributed by atoms with Gasteiger partial charge < -0.3 is 5.73 Å². The van der Waals surface area contributed by atoms with Crippen molar-refractivity contribution >= 4 is 11.5 Å². The molecule has 0 saturated carbocycles. The lowest BCUT2D eigenvalue weighted by Crippen LogP contribution is -2.13. The molecule has 0 aromatic heterocycles. The minimum Gasteiger partial charge on any atom is -0.383 e. The molecule has 25 heavy (non-hydrogen) atoms. The van der Waals surface area contributed by atoms with E-state index in [2.05, 4.69) is 29.8 Å². The molecule has 0 amide bonds. The van der Waals surface area contributed by atoms with Gasteiger partial charge in [0.05, 0.1) is 5.70 Å². The molecule has 2 heteroatoms. The maximum absolute atomic E-state index is 6.21. The molecule has 2 N–H and O–H groups in total. The molecular formula is C23H24N2. The fourth-order valence-electron chi connectivity index (χ4n) is 2.32. The number of allylic oxidation sites excluding steroid dienone is 4. The summed E-state index contributed by atoms with van der Waals surface area (Å²) < 4.78 is 0. The molecule has 0 atom stereocenters. The van der Waals surface area contributed by atoms with Crippen molar-refractivity contribution in [2.75, 3.05) is 0 Å². The molecular weight excluding hydrogens is 304 g/mol. The van der Waals surface area contributed by atoms with E-state index in [4.69, 9.17) is 5.73 Å². The largest absolute Gasteiger partial charge is 0.383 e. The van der Waals surface area contributed by atoms with Gasteiger partial charge in [-0.1, -0.05) is 97.6 Å². The summed E-state index contributed by atoms with van der Waals surface area (Å²) in [5, 5.41) is 0. The topological polar surface area (TPSA) is 38.4 Å². The second-order valence-corrected chi connectivity index (χ2v) is 5.49. The van der Waals surface area contributed by atoms with Crippen LogP contribution in [0.1, 0.15) is 18.1 Å². The fraction of sp³-hybridized carbons (Fsp3) is 0.0870. The summed E-state index contributed by atoms with van der Waals surface area (Å²) in [6.07, 6.45) is 10.4. The summed E-state index contributed by atoms with van der Waals surface area (Å²) in [4.78, 5) is 4.67. The standard InChI is InChI=1S/C23H24N2/c1-3-5-14-20(4-2)23(24)25-22(21-15-10-7-11-16-21)18-17-19-12-8-6-9-13-19/h3-16,18H,2,17H2,1H3,(H2,24,25)/b5-3-,20-14+,22-18-. The molecule has 0 spiro atoms. The van der Waals surface area contributed by atoms with Crippen LogP contribution in [0.2, 0.25) is 0 Å². The van der Waals surface area contributed by atoms with Crippen LogP contribution in [0.5, 0.6) is 0 Å². The Morgan fingerprint density at radius 1 is 1.04 bits per heavy atom. The number of hydrogen-bond acceptors (Lipinski definition) is 1. The van der Waals surface area contributed by atoms with Crippen molar-refractivity contribution in [1.29, 1.82) is 0 Å². The van der Waals surface area contributed by atoms with E-state index in [0.29, 0.717) is 5.84 Å². The van der Waals surface area contributed by atoms with Gasteiger partial charge in [0, 0.05) is 5.57 Å². The molecule has 2 rings (SSSR count). The molecule has 0 radical (unpaired) electrons. The zero-order chi connectivity index (χ0) is 17.9. The first-order valence-electron chi connectivity index (χ1n) is 8.34. The van der Waals surface area contributed by atoms with Crippen LogP contribution < -0.4 is 5.73 Å². The molecule has 0 fully saturated rings. The van der Waals surface area contributed by atoms with E-state index < -0.39 is 0 Å². The summed E-state index contributed by atoms with van der Waals surface area (Å²) in [5.74, 6) is 0.455. The molecule has 0 aliphatic rings. The third-order valence-electron chi connectivity index (χ3n) is 3.67. The second kappa shape index (κ2) is 9.89. The molecule has 0 unspecified atom stereocenters. The van der Waals surface area contributed by atoms with E-state index >= 15 is 0 Å². The van der Waals surface area contributed by atoms with E-state index in [1.165, 1.54) is 5.56 Å². The third kappa shape index (κ3) is 5.78. The minimum atomic E-state index is 0.455. The van der Waals surface area contributed by atoms with E-state index in [1.54, 1.807) is 6.08 Å². The Bertz CT molecular complexity index is 795. The highest BCUT2D eigenvalue weighted by atomic mass is 14.9. The lowest BCUT2D eigenvalue weighted by molar-refractivity contribution is 1.26. The molecule has 0 heterocycles. The predicted molar refractivity (Wildman–Crippen MR) is 109 cm³/mol. The minimum absolute atomic E-state index is 0.455. The summed E-state index contributed by atoms with van der Waals surface area (Å²) >= 11 is 0. The van der Waals surface area contributed by atoms with Crippen molar-refractivity contribution in [3.05, 3.63) is 114 Å². The van der Waals surface area contributed by atoms with E-state index in [1.807, 2.05) is 73.7 Å². The van der Waals surface area contributed by atoms with Crippen LogP contribution in [-0.4, -0.2) is 5.84 Å². The highest BCUT2D eigenvalue weighted by molar-refractivity contribution is 6.02. The van der Waals surface area contributed by atoms with Crippen LogP contribution in [0.3, 0.4) is 0 Å².